The second-order valence-electron chi connectivity index (χ2n) is 4.44. The fourth-order valence-electron chi connectivity index (χ4n) is 1.30. The van der Waals surface area contributed by atoms with Gasteiger partial charge >= 0.3 is 5.97 Å². The van der Waals surface area contributed by atoms with Crippen molar-refractivity contribution in [1.29, 1.82) is 0 Å². The van der Waals surface area contributed by atoms with Gasteiger partial charge in [0.2, 0.25) is 0 Å². The van der Waals surface area contributed by atoms with E-state index in [9.17, 15) is 9.18 Å². The van der Waals surface area contributed by atoms with Gasteiger partial charge in [0.05, 0.1) is 0 Å². The Kier molecular flexibility index (Phi) is 5.19. The van der Waals surface area contributed by atoms with Crippen LogP contribution in [0.25, 0.3) is 0 Å². The molecule has 0 saturated heterocycles. The third-order valence-electron chi connectivity index (χ3n) is 2.62. The van der Waals surface area contributed by atoms with E-state index < -0.39 is 16.8 Å². The highest BCUT2D eigenvalue weighted by Crippen LogP contribution is 2.33. The van der Waals surface area contributed by atoms with E-state index in [1.165, 1.54) is 23.9 Å². The minimum Gasteiger partial charge on any atom is -0.480 e. The van der Waals surface area contributed by atoms with Crippen LogP contribution in [0.4, 0.5) is 4.39 Å². The molecule has 3 N–H and O–H groups in total. The maximum Gasteiger partial charge on any atom is 0.321 e. The molecule has 0 heterocycles. The van der Waals surface area contributed by atoms with Crippen LogP contribution in [0, 0.1) is 5.82 Å². The summed E-state index contributed by atoms with van der Waals surface area (Å²) in [5.74, 6) is -0.855. The van der Waals surface area contributed by atoms with Crippen molar-refractivity contribution >= 4 is 33.7 Å². The molecule has 0 aliphatic heterocycles. The highest BCUT2D eigenvalue weighted by atomic mass is 79.9. The van der Waals surface area contributed by atoms with Crippen molar-refractivity contribution in [3.63, 3.8) is 0 Å². The van der Waals surface area contributed by atoms with E-state index in [0.717, 1.165) is 10.0 Å². The van der Waals surface area contributed by atoms with E-state index in [0.29, 0.717) is 5.75 Å². The number of hydrogen-bond donors (Lipinski definition) is 2. The molecule has 18 heavy (non-hydrogen) atoms. The summed E-state index contributed by atoms with van der Waals surface area (Å²) in [6, 6.07) is 3.47. The Hall–Kier alpha value is -0.590. The van der Waals surface area contributed by atoms with Crippen molar-refractivity contribution in [1.82, 2.24) is 0 Å². The molecule has 100 valence electrons. The summed E-state index contributed by atoms with van der Waals surface area (Å²) in [6.07, 6.45) is 0. The molecule has 1 aromatic carbocycles. The summed E-state index contributed by atoms with van der Waals surface area (Å²) in [6.45, 7) is 3.54. The molecular formula is C12H15BrFNO2S. The standard InChI is InChI=1S/C12H15BrFNO2S/c1-12(2,10(15)11(16)17)18-6-7-5-8(14)3-4-9(7)13/h3-5,10H,6,15H2,1-2H3,(H,16,17)/t10-/m0/s1. The summed E-state index contributed by atoms with van der Waals surface area (Å²) in [5, 5.41) is 8.91. The van der Waals surface area contributed by atoms with Crippen molar-refractivity contribution in [2.24, 2.45) is 5.73 Å². The Morgan fingerprint density at radius 2 is 2.22 bits per heavy atom. The molecule has 0 aromatic heterocycles. The first kappa shape index (κ1) is 15.5. The topological polar surface area (TPSA) is 63.3 Å². The largest absolute Gasteiger partial charge is 0.480 e. The van der Waals surface area contributed by atoms with Crippen molar-refractivity contribution in [2.45, 2.75) is 30.4 Å². The second-order valence-corrected chi connectivity index (χ2v) is 6.93. The normalized spacial score (nSPS) is 13.4. The highest BCUT2D eigenvalue weighted by molar-refractivity contribution is 9.10. The van der Waals surface area contributed by atoms with Gasteiger partial charge in [0.25, 0.3) is 0 Å². The number of carbonyl (C=O) groups is 1. The van der Waals surface area contributed by atoms with Gasteiger partial charge in [-0.1, -0.05) is 15.9 Å². The van der Waals surface area contributed by atoms with Crippen LogP contribution < -0.4 is 5.73 Å². The summed E-state index contributed by atoms with van der Waals surface area (Å²) in [7, 11) is 0. The lowest BCUT2D eigenvalue weighted by Crippen LogP contribution is -2.46. The third-order valence-corrected chi connectivity index (χ3v) is 4.85. The minimum atomic E-state index is -1.04. The van der Waals surface area contributed by atoms with Gasteiger partial charge in [-0.2, -0.15) is 0 Å². The Bertz CT molecular complexity index is 454. The molecule has 6 heteroatoms. The average molecular weight is 336 g/mol. The van der Waals surface area contributed by atoms with E-state index in [1.807, 2.05) is 0 Å². The first-order chi connectivity index (χ1) is 8.24. The van der Waals surface area contributed by atoms with Gasteiger partial charge in [-0.15, -0.1) is 11.8 Å². The zero-order valence-corrected chi connectivity index (χ0v) is 12.5. The first-order valence-electron chi connectivity index (χ1n) is 5.30. The van der Waals surface area contributed by atoms with Crippen molar-refractivity contribution in [2.75, 3.05) is 0 Å². The maximum atomic E-state index is 13.1. The molecule has 1 aromatic rings. The van der Waals surface area contributed by atoms with Crippen LogP contribution in [-0.2, 0) is 10.5 Å². The Labute approximate surface area is 118 Å². The molecule has 0 unspecified atom stereocenters. The van der Waals surface area contributed by atoms with E-state index in [1.54, 1.807) is 19.9 Å². The van der Waals surface area contributed by atoms with E-state index in [4.69, 9.17) is 10.8 Å². The molecule has 0 fully saturated rings. The molecule has 0 aliphatic rings. The molecule has 0 aliphatic carbocycles. The molecule has 0 bridgehead atoms. The first-order valence-corrected chi connectivity index (χ1v) is 7.08. The van der Waals surface area contributed by atoms with Crippen LogP contribution in [0.5, 0.6) is 0 Å². The summed E-state index contributed by atoms with van der Waals surface area (Å²) >= 11 is 4.73. The quantitative estimate of drug-likeness (QED) is 0.868. The fourth-order valence-corrected chi connectivity index (χ4v) is 2.92. The monoisotopic (exact) mass is 335 g/mol. The molecule has 0 radical (unpaired) electrons. The molecule has 3 nitrogen and oxygen atoms in total. The van der Waals surface area contributed by atoms with Gasteiger partial charge in [-0.25, -0.2) is 4.39 Å². The molecule has 1 atom stereocenters. The molecule has 1 rings (SSSR count). The Morgan fingerprint density at radius 1 is 1.61 bits per heavy atom. The van der Waals surface area contributed by atoms with Gasteiger partial charge < -0.3 is 10.8 Å². The van der Waals surface area contributed by atoms with Crippen molar-refractivity contribution in [3.05, 3.63) is 34.1 Å². The van der Waals surface area contributed by atoms with Gasteiger partial charge in [0, 0.05) is 15.0 Å². The van der Waals surface area contributed by atoms with E-state index >= 15 is 0 Å². The summed E-state index contributed by atoms with van der Waals surface area (Å²) in [4.78, 5) is 10.9. The van der Waals surface area contributed by atoms with Crippen LogP contribution in [0.3, 0.4) is 0 Å². The van der Waals surface area contributed by atoms with E-state index in [-0.39, 0.29) is 5.82 Å². The SMILES string of the molecule is CC(C)(SCc1cc(F)ccc1Br)[C@@H](N)C(=O)O. The van der Waals surface area contributed by atoms with Gasteiger partial charge in [0.15, 0.2) is 0 Å². The molecule has 0 saturated carbocycles. The number of benzene rings is 1. The lowest BCUT2D eigenvalue weighted by Gasteiger charge is -2.28. The fraction of sp³-hybridized carbons (Fsp3) is 0.417. The lowest BCUT2D eigenvalue weighted by atomic mass is 10.1. The number of nitrogens with two attached hydrogens (primary N) is 1. The smallest absolute Gasteiger partial charge is 0.321 e. The Morgan fingerprint density at radius 3 is 2.78 bits per heavy atom. The lowest BCUT2D eigenvalue weighted by molar-refractivity contribution is -0.139. The van der Waals surface area contributed by atoms with Crippen LogP contribution in [0.1, 0.15) is 19.4 Å². The zero-order chi connectivity index (χ0) is 13.9. The number of aliphatic carboxylic acids is 1. The number of hydrogen-bond acceptors (Lipinski definition) is 3. The third kappa shape index (κ3) is 3.96. The van der Waals surface area contributed by atoms with Gasteiger partial charge in [-0.3, -0.25) is 4.79 Å². The van der Waals surface area contributed by atoms with Crippen molar-refractivity contribution < 1.29 is 14.3 Å². The zero-order valence-electron chi connectivity index (χ0n) is 10.1. The van der Waals surface area contributed by atoms with Crippen LogP contribution in [-0.4, -0.2) is 21.9 Å². The van der Waals surface area contributed by atoms with Crippen molar-refractivity contribution in [3.8, 4) is 0 Å². The number of halogens is 2. The second kappa shape index (κ2) is 6.04. The van der Waals surface area contributed by atoms with Gasteiger partial charge in [0.1, 0.15) is 11.9 Å². The minimum absolute atomic E-state index is 0.311. The van der Waals surface area contributed by atoms with Crippen LogP contribution in [0.15, 0.2) is 22.7 Å². The van der Waals surface area contributed by atoms with Crippen LogP contribution in [0.2, 0.25) is 0 Å². The predicted molar refractivity (Wildman–Crippen MR) is 75.1 cm³/mol. The molecule has 0 amide bonds. The predicted octanol–water partition coefficient (Wildman–Crippen LogP) is 3.01. The maximum absolute atomic E-state index is 13.1. The Balaban J connectivity index is 2.75. The number of rotatable bonds is 5. The van der Waals surface area contributed by atoms with Gasteiger partial charge in [-0.05, 0) is 37.6 Å². The average Bonchev–Trinajstić information content (AvgIpc) is 2.29. The number of carboxylic acids is 1. The van der Waals surface area contributed by atoms with E-state index in [2.05, 4.69) is 15.9 Å². The molecule has 0 spiro atoms. The number of thioether (sulfide) groups is 1. The summed E-state index contributed by atoms with van der Waals surface area (Å²) < 4.78 is 13.3. The summed E-state index contributed by atoms with van der Waals surface area (Å²) in [5.41, 5.74) is 6.40. The highest BCUT2D eigenvalue weighted by Gasteiger charge is 2.32. The molecular weight excluding hydrogens is 321 g/mol. The van der Waals surface area contributed by atoms with Crippen LogP contribution >= 0.6 is 27.7 Å². The number of carboxylic acid groups (broad SMARTS) is 1.